The molecule has 1 aliphatic carbocycles. The molecular weight excluding hydrogens is 198 g/mol. The second-order valence-corrected chi connectivity index (χ2v) is 3.38. The quantitative estimate of drug-likeness (QED) is 0.534. The average molecular weight is 210 g/mol. The monoisotopic (exact) mass is 210 g/mol. The van der Waals surface area contributed by atoms with Crippen molar-refractivity contribution in [3.8, 4) is 0 Å². The van der Waals surface area contributed by atoms with E-state index in [0.717, 1.165) is 5.56 Å². The van der Waals surface area contributed by atoms with E-state index in [9.17, 15) is 0 Å². The fraction of sp³-hybridized carbons (Fsp3) is 0.0769. The molecule has 1 aromatic rings. The fourth-order valence-corrected chi connectivity index (χ4v) is 1.32. The molecule has 16 heavy (non-hydrogen) atoms. The normalized spacial score (nSPS) is 14.8. The highest BCUT2D eigenvalue weighted by molar-refractivity contribution is 5.61. The first-order valence-corrected chi connectivity index (χ1v) is 5.06. The van der Waals surface area contributed by atoms with E-state index in [2.05, 4.69) is 22.3 Å². The summed E-state index contributed by atoms with van der Waals surface area (Å²) in [6, 6.07) is 9.73. The average Bonchev–Trinajstić information content (AvgIpc) is 2.83. The van der Waals surface area contributed by atoms with Crippen LogP contribution in [0, 0.1) is 0 Å². The van der Waals surface area contributed by atoms with E-state index in [0.29, 0.717) is 5.70 Å². The van der Waals surface area contributed by atoms with Gasteiger partial charge in [-0.05, 0) is 11.3 Å². The fourth-order valence-electron chi connectivity index (χ4n) is 1.32. The zero-order chi connectivity index (χ0) is 11.2. The molecule has 3 heteroatoms. The molecule has 0 fully saturated rings. The first-order valence-electron chi connectivity index (χ1n) is 5.06. The minimum absolute atomic E-state index is 0.0207. The van der Waals surface area contributed by atoms with E-state index in [1.165, 1.54) is 0 Å². The van der Waals surface area contributed by atoms with Crippen LogP contribution in [0.25, 0.3) is 11.1 Å². The Morgan fingerprint density at radius 1 is 1.12 bits per heavy atom. The van der Waals surface area contributed by atoms with Gasteiger partial charge in [-0.25, -0.2) is 0 Å². The van der Waals surface area contributed by atoms with Crippen molar-refractivity contribution in [1.29, 1.82) is 0 Å². The van der Waals surface area contributed by atoms with Crippen LogP contribution in [0.4, 0.5) is 0 Å². The number of allylic oxidation sites excluding steroid dienone is 2. The molecule has 1 aliphatic rings. The molecule has 0 saturated heterocycles. The molecule has 0 bridgehead atoms. The van der Waals surface area contributed by atoms with Crippen LogP contribution in [0.1, 0.15) is 5.56 Å². The molecule has 0 aromatic heterocycles. The van der Waals surface area contributed by atoms with Crippen LogP contribution in [0.15, 0.2) is 71.6 Å². The standard InChI is InChI=1S/C13H12N3/c1-11(12-7-3-2-4-8-12)14-16-15-13-9-5-6-10-13/h2-10,13H,1H2/q-1. The van der Waals surface area contributed by atoms with Gasteiger partial charge in [0.15, 0.2) is 0 Å². The third kappa shape index (κ3) is 2.67. The summed E-state index contributed by atoms with van der Waals surface area (Å²) < 4.78 is 0. The Morgan fingerprint density at radius 2 is 1.81 bits per heavy atom. The topological polar surface area (TPSA) is 38.8 Å². The lowest BCUT2D eigenvalue weighted by atomic mass is 10.2. The van der Waals surface area contributed by atoms with Crippen LogP contribution in [-0.4, -0.2) is 6.04 Å². The number of hydrogen-bond acceptors (Lipinski definition) is 2. The highest BCUT2D eigenvalue weighted by atomic mass is 15.4. The molecule has 1 aromatic carbocycles. The Labute approximate surface area is 94.9 Å². The van der Waals surface area contributed by atoms with E-state index in [4.69, 9.17) is 0 Å². The molecule has 0 aliphatic heterocycles. The summed E-state index contributed by atoms with van der Waals surface area (Å²) in [6.07, 6.45) is 7.78. The molecule has 2 rings (SSSR count). The Morgan fingerprint density at radius 3 is 2.50 bits per heavy atom. The van der Waals surface area contributed by atoms with Gasteiger partial charge in [0.25, 0.3) is 0 Å². The summed E-state index contributed by atoms with van der Waals surface area (Å²) in [6.45, 7) is 3.83. The molecule has 0 radical (unpaired) electrons. The molecule has 0 spiro atoms. The minimum atomic E-state index is 0.0207. The number of nitrogens with zero attached hydrogens (tertiary/aromatic N) is 3. The van der Waals surface area contributed by atoms with Gasteiger partial charge in [-0.2, -0.15) is 0 Å². The SMILES string of the molecule is C=C(N=N[N-]C1C=CC=C1)c1ccccc1. The van der Waals surface area contributed by atoms with Crippen molar-refractivity contribution >= 4 is 5.70 Å². The van der Waals surface area contributed by atoms with Crippen molar-refractivity contribution in [2.24, 2.45) is 10.3 Å². The van der Waals surface area contributed by atoms with Gasteiger partial charge in [0, 0.05) is 6.04 Å². The Bertz CT molecular complexity index is 432. The van der Waals surface area contributed by atoms with E-state index in [1.54, 1.807) is 0 Å². The van der Waals surface area contributed by atoms with Gasteiger partial charge < -0.3 is 10.5 Å². The maximum atomic E-state index is 4.01. The number of benzene rings is 1. The summed E-state index contributed by atoms with van der Waals surface area (Å²) in [5.74, 6) is 0. The number of rotatable bonds is 4. The smallest absolute Gasteiger partial charge is 0.0148 e. The number of hydrogen-bond donors (Lipinski definition) is 0. The summed E-state index contributed by atoms with van der Waals surface area (Å²) in [7, 11) is 0. The molecule has 0 N–H and O–H groups in total. The predicted octanol–water partition coefficient (Wildman–Crippen LogP) is 3.89. The third-order valence-electron chi connectivity index (χ3n) is 2.19. The lowest BCUT2D eigenvalue weighted by molar-refractivity contribution is 1.04. The highest BCUT2D eigenvalue weighted by Gasteiger charge is 1.94. The zero-order valence-electron chi connectivity index (χ0n) is 8.82. The second-order valence-electron chi connectivity index (χ2n) is 3.38. The summed E-state index contributed by atoms with van der Waals surface area (Å²) in [5.41, 5.74) is 5.59. The second kappa shape index (κ2) is 5.07. The van der Waals surface area contributed by atoms with Crippen molar-refractivity contribution in [3.63, 3.8) is 0 Å². The maximum absolute atomic E-state index is 4.01. The van der Waals surface area contributed by atoms with Gasteiger partial charge in [-0.3, -0.25) is 5.22 Å². The van der Waals surface area contributed by atoms with E-state index in [-0.39, 0.29) is 6.04 Å². The first-order chi connectivity index (χ1) is 7.86. The molecule has 0 heterocycles. The van der Waals surface area contributed by atoms with Crippen LogP contribution >= 0.6 is 0 Å². The van der Waals surface area contributed by atoms with Gasteiger partial charge in [-0.15, -0.1) is 0 Å². The highest BCUT2D eigenvalue weighted by Crippen LogP contribution is 2.16. The van der Waals surface area contributed by atoms with Crippen LogP contribution in [0.5, 0.6) is 0 Å². The Balaban J connectivity index is 1.90. The summed E-state index contributed by atoms with van der Waals surface area (Å²) in [5, 5.41) is 7.73. The Kier molecular flexibility index (Phi) is 3.28. The largest absolute Gasteiger partial charge is 0.370 e. The Hall–Kier alpha value is -2.16. The molecule has 0 atom stereocenters. The van der Waals surface area contributed by atoms with Crippen molar-refractivity contribution in [2.45, 2.75) is 6.04 Å². The van der Waals surface area contributed by atoms with E-state index in [1.807, 2.05) is 54.6 Å². The van der Waals surface area contributed by atoms with E-state index >= 15 is 0 Å². The summed E-state index contributed by atoms with van der Waals surface area (Å²) >= 11 is 0. The predicted molar refractivity (Wildman–Crippen MR) is 65.8 cm³/mol. The van der Waals surface area contributed by atoms with Crippen molar-refractivity contribution < 1.29 is 0 Å². The van der Waals surface area contributed by atoms with Crippen molar-refractivity contribution in [1.82, 2.24) is 0 Å². The zero-order valence-corrected chi connectivity index (χ0v) is 8.82. The van der Waals surface area contributed by atoms with Gasteiger partial charge in [0.1, 0.15) is 0 Å². The van der Waals surface area contributed by atoms with Gasteiger partial charge in [0.05, 0.1) is 0 Å². The van der Waals surface area contributed by atoms with Crippen molar-refractivity contribution in [3.05, 3.63) is 72.2 Å². The summed E-state index contributed by atoms with van der Waals surface area (Å²) in [4.78, 5) is 0. The molecule has 80 valence electrons. The molecule has 0 unspecified atom stereocenters. The van der Waals surface area contributed by atoms with Gasteiger partial charge >= 0.3 is 0 Å². The maximum Gasteiger partial charge on any atom is 0.0148 e. The lowest BCUT2D eigenvalue weighted by Crippen LogP contribution is -1.90. The van der Waals surface area contributed by atoms with Gasteiger partial charge in [0.2, 0.25) is 0 Å². The van der Waals surface area contributed by atoms with Gasteiger partial charge in [-0.1, -0.05) is 61.2 Å². The third-order valence-corrected chi connectivity index (χ3v) is 2.19. The van der Waals surface area contributed by atoms with Crippen molar-refractivity contribution in [2.75, 3.05) is 0 Å². The first kappa shape index (κ1) is 10.4. The lowest BCUT2D eigenvalue weighted by Gasteiger charge is -2.12. The van der Waals surface area contributed by atoms with Crippen LogP contribution < -0.4 is 0 Å². The minimum Gasteiger partial charge on any atom is -0.370 e. The van der Waals surface area contributed by atoms with Crippen LogP contribution in [-0.2, 0) is 0 Å². The molecule has 3 nitrogen and oxygen atoms in total. The molecule has 0 saturated carbocycles. The molecular formula is C13H12N3-. The van der Waals surface area contributed by atoms with E-state index < -0.39 is 0 Å². The molecule has 0 amide bonds. The van der Waals surface area contributed by atoms with Crippen LogP contribution in [0.2, 0.25) is 0 Å². The van der Waals surface area contributed by atoms with Crippen LogP contribution in [0.3, 0.4) is 0 Å².